The van der Waals surface area contributed by atoms with Crippen molar-refractivity contribution in [3.8, 4) is 0 Å². The standard InChI is InChI=1S/C13H14O3/c1-3-9-4-5-11-10(8-15-2)7-13(14)16-12(11)6-9/h4-7H,3,8H2,1-2H3. The average molecular weight is 218 g/mol. The second-order valence-electron chi connectivity index (χ2n) is 3.71. The van der Waals surface area contributed by atoms with E-state index < -0.39 is 0 Å². The third-order valence-corrected chi connectivity index (χ3v) is 2.60. The Morgan fingerprint density at radius 1 is 1.31 bits per heavy atom. The number of hydrogen-bond acceptors (Lipinski definition) is 3. The van der Waals surface area contributed by atoms with Gasteiger partial charge in [0.25, 0.3) is 0 Å². The summed E-state index contributed by atoms with van der Waals surface area (Å²) in [6.45, 7) is 2.49. The zero-order valence-electron chi connectivity index (χ0n) is 9.45. The quantitative estimate of drug-likeness (QED) is 0.743. The van der Waals surface area contributed by atoms with Gasteiger partial charge >= 0.3 is 5.63 Å². The molecule has 0 saturated carbocycles. The average Bonchev–Trinajstić information content (AvgIpc) is 2.28. The van der Waals surface area contributed by atoms with Crippen LogP contribution in [0.4, 0.5) is 0 Å². The fourth-order valence-electron chi connectivity index (χ4n) is 1.77. The van der Waals surface area contributed by atoms with Crippen LogP contribution in [0.1, 0.15) is 18.1 Å². The maximum absolute atomic E-state index is 11.4. The summed E-state index contributed by atoms with van der Waals surface area (Å²) in [5.41, 5.74) is 2.34. The van der Waals surface area contributed by atoms with Crippen molar-refractivity contribution in [2.75, 3.05) is 7.11 Å². The molecule has 0 radical (unpaired) electrons. The Labute approximate surface area is 93.7 Å². The van der Waals surface area contributed by atoms with E-state index in [1.54, 1.807) is 7.11 Å². The Balaban J connectivity index is 2.68. The maximum Gasteiger partial charge on any atom is 0.336 e. The predicted molar refractivity (Wildman–Crippen MR) is 62.6 cm³/mol. The van der Waals surface area contributed by atoms with Crippen molar-refractivity contribution in [2.45, 2.75) is 20.0 Å². The first-order valence-electron chi connectivity index (χ1n) is 5.29. The summed E-state index contributed by atoms with van der Waals surface area (Å²) >= 11 is 0. The molecule has 0 fully saturated rings. The van der Waals surface area contributed by atoms with Gasteiger partial charge in [-0.3, -0.25) is 0 Å². The molecule has 16 heavy (non-hydrogen) atoms. The third kappa shape index (κ3) is 1.99. The minimum absolute atomic E-state index is 0.326. The molecule has 1 heterocycles. The Hall–Kier alpha value is -1.61. The molecule has 0 aliphatic heterocycles. The fraction of sp³-hybridized carbons (Fsp3) is 0.308. The molecule has 2 rings (SSSR count). The Kier molecular flexibility index (Phi) is 3.06. The van der Waals surface area contributed by atoms with Crippen LogP contribution < -0.4 is 5.63 Å². The molecule has 0 spiro atoms. The van der Waals surface area contributed by atoms with Gasteiger partial charge in [-0.1, -0.05) is 19.1 Å². The molecule has 0 aliphatic carbocycles. The van der Waals surface area contributed by atoms with E-state index in [1.807, 2.05) is 18.2 Å². The smallest absolute Gasteiger partial charge is 0.336 e. The van der Waals surface area contributed by atoms with E-state index in [-0.39, 0.29) is 5.63 Å². The molecule has 0 aliphatic rings. The molecule has 3 heteroatoms. The lowest BCUT2D eigenvalue weighted by Crippen LogP contribution is -2.01. The van der Waals surface area contributed by atoms with Crippen molar-refractivity contribution in [3.05, 3.63) is 45.8 Å². The van der Waals surface area contributed by atoms with Gasteiger partial charge in [0.15, 0.2) is 0 Å². The van der Waals surface area contributed by atoms with E-state index in [9.17, 15) is 4.79 Å². The van der Waals surface area contributed by atoms with Gasteiger partial charge < -0.3 is 9.15 Å². The van der Waals surface area contributed by atoms with Crippen molar-refractivity contribution < 1.29 is 9.15 Å². The first kappa shape index (κ1) is 10.9. The van der Waals surface area contributed by atoms with Gasteiger partial charge in [-0.25, -0.2) is 4.79 Å². The van der Waals surface area contributed by atoms with Crippen LogP contribution in [0.2, 0.25) is 0 Å². The number of rotatable bonds is 3. The third-order valence-electron chi connectivity index (χ3n) is 2.60. The van der Waals surface area contributed by atoms with Crippen molar-refractivity contribution in [1.82, 2.24) is 0 Å². The number of aryl methyl sites for hydroxylation is 1. The monoisotopic (exact) mass is 218 g/mol. The van der Waals surface area contributed by atoms with Crippen molar-refractivity contribution in [1.29, 1.82) is 0 Å². The number of benzene rings is 1. The molecule has 0 atom stereocenters. The van der Waals surface area contributed by atoms with E-state index >= 15 is 0 Å². The van der Waals surface area contributed by atoms with Crippen LogP contribution in [0.3, 0.4) is 0 Å². The number of fused-ring (bicyclic) bond motifs is 1. The van der Waals surface area contributed by atoms with Crippen LogP contribution >= 0.6 is 0 Å². The first-order valence-corrected chi connectivity index (χ1v) is 5.29. The van der Waals surface area contributed by atoms with E-state index in [4.69, 9.17) is 9.15 Å². The molecule has 0 amide bonds. The second kappa shape index (κ2) is 4.49. The lowest BCUT2D eigenvalue weighted by atomic mass is 10.1. The molecule has 1 aromatic carbocycles. The van der Waals surface area contributed by atoms with Gasteiger partial charge in [-0.2, -0.15) is 0 Å². The summed E-state index contributed by atoms with van der Waals surface area (Å²) in [7, 11) is 1.61. The Morgan fingerprint density at radius 2 is 2.12 bits per heavy atom. The second-order valence-corrected chi connectivity index (χ2v) is 3.71. The van der Waals surface area contributed by atoms with E-state index in [1.165, 1.54) is 6.07 Å². The van der Waals surface area contributed by atoms with Crippen molar-refractivity contribution in [3.63, 3.8) is 0 Å². The van der Waals surface area contributed by atoms with Crippen molar-refractivity contribution >= 4 is 11.0 Å². The first-order chi connectivity index (χ1) is 7.74. The van der Waals surface area contributed by atoms with Crippen LogP contribution in [0.25, 0.3) is 11.0 Å². The van der Waals surface area contributed by atoms with E-state index in [0.717, 1.165) is 22.9 Å². The van der Waals surface area contributed by atoms with Crippen LogP contribution in [0.15, 0.2) is 33.5 Å². The summed E-state index contributed by atoms with van der Waals surface area (Å²) in [5, 5.41) is 0.943. The van der Waals surface area contributed by atoms with Gasteiger partial charge in [-0.05, 0) is 23.6 Å². The minimum atomic E-state index is -0.326. The van der Waals surface area contributed by atoms with Gasteiger partial charge in [0.05, 0.1) is 6.61 Å². The normalized spacial score (nSPS) is 10.9. The molecule has 2 aromatic rings. The lowest BCUT2D eigenvalue weighted by Gasteiger charge is -2.05. The van der Waals surface area contributed by atoms with Crippen LogP contribution in [-0.4, -0.2) is 7.11 Å². The predicted octanol–water partition coefficient (Wildman–Crippen LogP) is 2.50. The zero-order valence-corrected chi connectivity index (χ0v) is 9.45. The topological polar surface area (TPSA) is 39.4 Å². The lowest BCUT2D eigenvalue weighted by molar-refractivity contribution is 0.185. The van der Waals surface area contributed by atoms with Gasteiger partial charge in [0, 0.05) is 18.6 Å². The summed E-state index contributed by atoms with van der Waals surface area (Å²) in [6.07, 6.45) is 0.925. The highest BCUT2D eigenvalue weighted by Crippen LogP contribution is 2.19. The summed E-state index contributed by atoms with van der Waals surface area (Å²) in [6, 6.07) is 7.42. The molecule has 0 unspecified atom stereocenters. The summed E-state index contributed by atoms with van der Waals surface area (Å²) in [4.78, 5) is 11.4. The Bertz CT molecular complexity index is 555. The maximum atomic E-state index is 11.4. The molecule has 84 valence electrons. The number of hydrogen-bond donors (Lipinski definition) is 0. The van der Waals surface area contributed by atoms with Crippen LogP contribution in [0, 0.1) is 0 Å². The van der Waals surface area contributed by atoms with E-state index in [2.05, 4.69) is 6.92 Å². The minimum Gasteiger partial charge on any atom is -0.423 e. The van der Waals surface area contributed by atoms with E-state index in [0.29, 0.717) is 12.2 Å². The fourth-order valence-corrected chi connectivity index (χ4v) is 1.77. The molecule has 0 N–H and O–H groups in total. The molecular weight excluding hydrogens is 204 g/mol. The summed E-state index contributed by atoms with van der Waals surface area (Å²) < 4.78 is 10.2. The highest BCUT2D eigenvalue weighted by Gasteiger charge is 2.05. The largest absolute Gasteiger partial charge is 0.423 e. The molecule has 1 aromatic heterocycles. The summed E-state index contributed by atoms with van der Waals surface area (Å²) in [5.74, 6) is 0. The van der Waals surface area contributed by atoms with Crippen molar-refractivity contribution in [2.24, 2.45) is 0 Å². The Morgan fingerprint density at radius 3 is 2.81 bits per heavy atom. The molecule has 3 nitrogen and oxygen atoms in total. The highest BCUT2D eigenvalue weighted by atomic mass is 16.5. The zero-order chi connectivity index (χ0) is 11.5. The van der Waals surface area contributed by atoms with Crippen LogP contribution in [-0.2, 0) is 17.8 Å². The molecular formula is C13H14O3. The molecule has 0 bridgehead atoms. The van der Waals surface area contributed by atoms with Gasteiger partial charge in [0.2, 0.25) is 0 Å². The molecule has 0 saturated heterocycles. The van der Waals surface area contributed by atoms with Gasteiger partial charge in [-0.15, -0.1) is 0 Å². The number of methoxy groups -OCH3 is 1. The number of ether oxygens (including phenoxy) is 1. The SMILES string of the molecule is CCc1ccc2c(COC)cc(=O)oc2c1. The van der Waals surface area contributed by atoms with Gasteiger partial charge in [0.1, 0.15) is 5.58 Å². The van der Waals surface area contributed by atoms with Crippen LogP contribution in [0.5, 0.6) is 0 Å². The highest BCUT2D eigenvalue weighted by molar-refractivity contribution is 5.80.